The number of ether oxygens (including phenoxy) is 1. The molecule has 116 valence electrons. The number of carbonyl (C=O) groups excluding carboxylic acids is 1. The Hall–Kier alpha value is -0.810. The number of hydrogen-bond donors (Lipinski definition) is 2. The lowest BCUT2D eigenvalue weighted by Crippen LogP contribution is -2.60. The molecule has 0 radical (unpaired) electrons. The van der Waals surface area contributed by atoms with E-state index in [0.29, 0.717) is 0 Å². The second kappa shape index (κ2) is 7.27. The van der Waals surface area contributed by atoms with Crippen molar-refractivity contribution in [2.45, 2.75) is 57.5 Å². The molecular weight excluding hydrogens is 254 g/mol. The zero-order valence-electron chi connectivity index (χ0n) is 12.9. The van der Waals surface area contributed by atoms with Crippen molar-refractivity contribution in [3.63, 3.8) is 0 Å². The largest absolute Gasteiger partial charge is 0.379 e. The minimum atomic E-state index is -0.0433. The number of rotatable bonds is 4. The Morgan fingerprint density at radius 3 is 2.45 bits per heavy atom. The third-order valence-corrected chi connectivity index (χ3v) is 4.46. The third kappa shape index (κ3) is 4.09. The summed E-state index contributed by atoms with van der Waals surface area (Å²) < 4.78 is 5.47. The number of amides is 2. The molecule has 0 aromatic heterocycles. The van der Waals surface area contributed by atoms with Gasteiger partial charge in [0.15, 0.2) is 0 Å². The highest BCUT2D eigenvalue weighted by atomic mass is 16.5. The molecule has 1 saturated heterocycles. The molecule has 1 aliphatic heterocycles. The molecule has 0 unspecified atom stereocenters. The van der Waals surface area contributed by atoms with Crippen molar-refractivity contribution in [1.82, 2.24) is 15.5 Å². The maximum atomic E-state index is 11.9. The van der Waals surface area contributed by atoms with Crippen LogP contribution in [0, 0.1) is 0 Å². The average molecular weight is 283 g/mol. The van der Waals surface area contributed by atoms with Gasteiger partial charge in [0.1, 0.15) is 0 Å². The molecule has 0 aromatic rings. The first-order chi connectivity index (χ1) is 9.62. The van der Waals surface area contributed by atoms with Crippen LogP contribution in [0.1, 0.15) is 46.0 Å². The molecule has 20 heavy (non-hydrogen) atoms. The number of nitrogens with one attached hydrogen (secondary N) is 2. The topological polar surface area (TPSA) is 53.6 Å². The zero-order chi connectivity index (χ0) is 14.4. The fourth-order valence-corrected chi connectivity index (χ4v) is 3.41. The van der Waals surface area contributed by atoms with Gasteiger partial charge in [0.2, 0.25) is 0 Å². The van der Waals surface area contributed by atoms with Gasteiger partial charge in [-0.05, 0) is 26.7 Å². The highest BCUT2D eigenvalue weighted by Crippen LogP contribution is 2.33. The minimum Gasteiger partial charge on any atom is -0.379 e. The van der Waals surface area contributed by atoms with E-state index in [9.17, 15) is 4.79 Å². The molecule has 0 aromatic carbocycles. The standard InChI is InChI=1S/C15H29N3O2/c1-13(2)17-14(19)16-12-15(6-4-3-5-7-15)18-8-10-20-11-9-18/h13H,3-12H2,1-2H3,(H2,16,17,19). The van der Waals surface area contributed by atoms with Crippen LogP contribution in [0.15, 0.2) is 0 Å². The van der Waals surface area contributed by atoms with Crippen LogP contribution < -0.4 is 10.6 Å². The Labute approximate surface area is 122 Å². The van der Waals surface area contributed by atoms with Gasteiger partial charge in [-0.15, -0.1) is 0 Å². The monoisotopic (exact) mass is 283 g/mol. The van der Waals surface area contributed by atoms with Crippen LogP contribution in [0.5, 0.6) is 0 Å². The van der Waals surface area contributed by atoms with Crippen LogP contribution in [0.2, 0.25) is 0 Å². The van der Waals surface area contributed by atoms with Gasteiger partial charge in [-0.2, -0.15) is 0 Å². The fourth-order valence-electron chi connectivity index (χ4n) is 3.41. The molecule has 1 aliphatic carbocycles. The molecule has 2 aliphatic rings. The molecule has 1 heterocycles. The lowest BCUT2D eigenvalue weighted by atomic mass is 9.80. The van der Waals surface area contributed by atoms with Gasteiger partial charge in [0, 0.05) is 31.2 Å². The van der Waals surface area contributed by atoms with Crippen molar-refractivity contribution >= 4 is 6.03 Å². The highest BCUT2D eigenvalue weighted by Gasteiger charge is 2.38. The molecule has 0 atom stereocenters. The lowest BCUT2D eigenvalue weighted by Gasteiger charge is -2.48. The fraction of sp³-hybridized carbons (Fsp3) is 0.933. The van der Waals surface area contributed by atoms with Gasteiger partial charge in [-0.25, -0.2) is 4.79 Å². The summed E-state index contributed by atoms with van der Waals surface area (Å²) in [5.74, 6) is 0. The number of hydrogen-bond acceptors (Lipinski definition) is 3. The maximum Gasteiger partial charge on any atom is 0.315 e. The smallest absolute Gasteiger partial charge is 0.315 e. The van der Waals surface area contributed by atoms with E-state index in [1.807, 2.05) is 13.8 Å². The summed E-state index contributed by atoms with van der Waals surface area (Å²) in [5.41, 5.74) is 0.149. The Balaban J connectivity index is 1.94. The predicted octanol–water partition coefficient (Wildman–Crippen LogP) is 1.73. The first-order valence-electron chi connectivity index (χ1n) is 8.00. The number of carbonyl (C=O) groups is 1. The van der Waals surface area contributed by atoms with Crippen molar-refractivity contribution < 1.29 is 9.53 Å². The van der Waals surface area contributed by atoms with Gasteiger partial charge in [-0.3, -0.25) is 4.90 Å². The van der Waals surface area contributed by atoms with E-state index in [1.165, 1.54) is 32.1 Å². The summed E-state index contributed by atoms with van der Waals surface area (Å²) in [4.78, 5) is 14.4. The first kappa shape index (κ1) is 15.6. The van der Waals surface area contributed by atoms with Crippen LogP contribution in [-0.4, -0.2) is 55.4 Å². The normalized spacial score (nSPS) is 23.6. The summed E-state index contributed by atoms with van der Waals surface area (Å²) in [6, 6.07) is 0.138. The molecule has 2 fully saturated rings. The molecule has 2 N–H and O–H groups in total. The quantitative estimate of drug-likeness (QED) is 0.826. The van der Waals surface area contributed by atoms with Gasteiger partial charge in [0.05, 0.1) is 13.2 Å². The molecule has 2 rings (SSSR count). The number of urea groups is 1. The van der Waals surface area contributed by atoms with Crippen LogP contribution in [0.4, 0.5) is 4.79 Å². The molecule has 0 spiro atoms. The molecule has 1 saturated carbocycles. The Morgan fingerprint density at radius 1 is 1.20 bits per heavy atom. The SMILES string of the molecule is CC(C)NC(=O)NCC1(N2CCOCC2)CCCCC1. The molecular formula is C15H29N3O2. The molecule has 0 bridgehead atoms. The summed E-state index contributed by atoms with van der Waals surface area (Å²) >= 11 is 0. The van der Waals surface area contributed by atoms with E-state index in [2.05, 4.69) is 15.5 Å². The summed E-state index contributed by atoms with van der Waals surface area (Å²) in [7, 11) is 0. The van der Waals surface area contributed by atoms with Crippen LogP contribution in [-0.2, 0) is 4.74 Å². The maximum absolute atomic E-state index is 11.9. The highest BCUT2D eigenvalue weighted by molar-refractivity contribution is 5.74. The van der Waals surface area contributed by atoms with Gasteiger partial charge in [0.25, 0.3) is 0 Å². The van der Waals surface area contributed by atoms with E-state index >= 15 is 0 Å². The first-order valence-corrected chi connectivity index (χ1v) is 8.00. The van der Waals surface area contributed by atoms with E-state index in [4.69, 9.17) is 4.74 Å². The van der Waals surface area contributed by atoms with Gasteiger partial charge >= 0.3 is 6.03 Å². The zero-order valence-corrected chi connectivity index (χ0v) is 12.9. The van der Waals surface area contributed by atoms with Crippen molar-refractivity contribution in [2.24, 2.45) is 0 Å². The lowest BCUT2D eigenvalue weighted by molar-refractivity contribution is -0.0357. The van der Waals surface area contributed by atoms with Crippen LogP contribution in [0.25, 0.3) is 0 Å². The van der Waals surface area contributed by atoms with Crippen molar-refractivity contribution in [1.29, 1.82) is 0 Å². The van der Waals surface area contributed by atoms with E-state index in [-0.39, 0.29) is 17.6 Å². The summed E-state index contributed by atoms with van der Waals surface area (Å²) in [6.45, 7) is 8.35. The summed E-state index contributed by atoms with van der Waals surface area (Å²) in [6.07, 6.45) is 6.24. The van der Waals surface area contributed by atoms with E-state index < -0.39 is 0 Å². The van der Waals surface area contributed by atoms with Gasteiger partial charge < -0.3 is 15.4 Å². The van der Waals surface area contributed by atoms with Crippen molar-refractivity contribution in [3.8, 4) is 0 Å². The van der Waals surface area contributed by atoms with Crippen molar-refractivity contribution in [2.75, 3.05) is 32.8 Å². The van der Waals surface area contributed by atoms with Crippen molar-refractivity contribution in [3.05, 3.63) is 0 Å². The second-order valence-electron chi connectivity index (χ2n) is 6.37. The van der Waals surface area contributed by atoms with Crippen LogP contribution >= 0.6 is 0 Å². The van der Waals surface area contributed by atoms with E-state index in [1.54, 1.807) is 0 Å². The number of morpholine rings is 1. The predicted molar refractivity (Wildman–Crippen MR) is 79.9 cm³/mol. The number of nitrogens with zero attached hydrogens (tertiary/aromatic N) is 1. The Kier molecular flexibility index (Phi) is 5.66. The summed E-state index contributed by atoms with van der Waals surface area (Å²) in [5, 5.41) is 6.00. The second-order valence-corrected chi connectivity index (χ2v) is 6.37. The molecule has 5 nitrogen and oxygen atoms in total. The Bertz CT molecular complexity index is 308. The average Bonchev–Trinajstić information content (AvgIpc) is 2.46. The van der Waals surface area contributed by atoms with Gasteiger partial charge in [-0.1, -0.05) is 19.3 Å². The minimum absolute atomic E-state index is 0.0433. The van der Waals surface area contributed by atoms with Crippen LogP contribution in [0.3, 0.4) is 0 Å². The molecule has 2 amide bonds. The molecule has 5 heteroatoms. The Morgan fingerprint density at radius 2 is 1.85 bits per heavy atom. The third-order valence-electron chi connectivity index (χ3n) is 4.46. The van der Waals surface area contributed by atoms with E-state index in [0.717, 1.165) is 32.8 Å².